The zero-order valence-corrected chi connectivity index (χ0v) is 59.9. The minimum Gasteiger partial charge on any atom is -0.497 e. The van der Waals surface area contributed by atoms with Crippen LogP contribution in [0.4, 0.5) is 0 Å². The van der Waals surface area contributed by atoms with Crippen LogP contribution in [0.25, 0.3) is 10.8 Å². The highest BCUT2D eigenvalue weighted by Gasteiger charge is 2.41. The first-order valence-corrected chi connectivity index (χ1v) is 34.7. The molecule has 2 heterocycles. The van der Waals surface area contributed by atoms with E-state index in [9.17, 15) is 62.6 Å². The zero-order valence-electron chi connectivity index (χ0n) is 59.2. The van der Waals surface area contributed by atoms with Crippen molar-refractivity contribution in [2.75, 3.05) is 33.4 Å². The Balaban J connectivity index is 1.28. The number of Topliss-reactive ketones (excluding diaryl/α,β-unsaturated/α-hetero) is 1. The Labute approximate surface area is 612 Å². The van der Waals surface area contributed by atoms with Crippen molar-refractivity contribution in [1.29, 1.82) is 10.8 Å². The predicted octanol–water partition coefficient (Wildman–Crippen LogP) is -0.358. The van der Waals surface area contributed by atoms with Crippen LogP contribution < -0.4 is 80.4 Å². The number of nitrogens with zero attached hydrogens (tertiary/aromatic N) is 2. The number of aromatic nitrogens is 1. The molecule has 0 aliphatic carbocycles. The third kappa shape index (κ3) is 26.8. The van der Waals surface area contributed by atoms with Gasteiger partial charge in [0.15, 0.2) is 17.7 Å². The van der Waals surface area contributed by atoms with Crippen molar-refractivity contribution in [3.05, 3.63) is 143 Å². The first-order valence-electron chi connectivity index (χ1n) is 34.4. The largest absolute Gasteiger partial charge is 0.497 e. The molecule has 10 atom stereocenters. The number of nitrogens with one attached hydrogen (secondary N) is 13. The number of likely N-dealkylation sites (tertiary alicyclic amines) is 1. The van der Waals surface area contributed by atoms with Crippen LogP contribution >= 0.6 is 11.6 Å². The highest BCUT2D eigenvalue weighted by atomic mass is 35.5. The van der Waals surface area contributed by atoms with Gasteiger partial charge in [0.25, 0.3) is 0 Å². The van der Waals surface area contributed by atoms with Crippen molar-refractivity contribution < 1.29 is 67.4 Å². The molecule has 32 nitrogen and oxygen atoms in total. The first-order chi connectivity index (χ1) is 50.0. The number of amides is 11. The summed E-state index contributed by atoms with van der Waals surface area (Å²) in [4.78, 5) is 175. The number of hydrogen-bond donors (Lipinski definition) is 17. The Hall–Kier alpha value is -11.3. The maximum absolute atomic E-state index is 14.9. The van der Waals surface area contributed by atoms with Crippen LogP contribution in [0.1, 0.15) is 106 Å². The van der Waals surface area contributed by atoms with Gasteiger partial charge in [0, 0.05) is 75.2 Å². The lowest BCUT2D eigenvalue weighted by molar-refractivity contribution is -0.142. The molecule has 1 saturated heterocycles. The standard InChI is InChI=1S/C72H95ClN18O14/c1-40(2)32-53(63(97)85-52(16-10-30-81-72(77)78)70(104)91-31-11-17-59(91)69(103)82-41(3)61(74)95)86-67(101)57(37-60(94)47-22-26-50(105-5)27-23-47)89-62(96)51(15-9-29-80-71(75)76)84-68(102)58(39-92)90-66(100)56(36-45-12-8-28-79-38-45)88-65(99)55(34-43-19-24-49(73)25-20-43)87-64(98)54(83-42(4)93)35-44-18-21-46-13-6-7-14-48(46)33-44/h6-8,12-14,18-28,33,38,40-41,51-59,92H,9-11,15-17,29-32,34-37,39H2,1-5H3,(H2,74,95)(H,82,103)(H,83,93)(H,84,102)(H,85,97)(H,86,101)(H,87,98)(H,88,99)(H,89,96)(H,90,100)(H4,75,76,80)(H4,77,78,81)/t41-,51-,52-,53-,54-,55-,56-,57?,58-,59-/m0/s1. The number of ketones is 1. The van der Waals surface area contributed by atoms with Gasteiger partial charge in [-0.1, -0.05) is 86.1 Å². The molecular formula is C72H95ClN18O14. The Morgan fingerprint density at radius 2 is 1.09 bits per heavy atom. The Morgan fingerprint density at radius 3 is 1.66 bits per heavy atom. The average Bonchev–Trinajstić information content (AvgIpc) is 1.80. The maximum Gasteiger partial charge on any atom is 0.245 e. The molecule has 0 saturated carbocycles. The summed E-state index contributed by atoms with van der Waals surface area (Å²) < 4.78 is 5.27. The number of halogens is 1. The molecule has 1 aliphatic rings. The van der Waals surface area contributed by atoms with Gasteiger partial charge in [-0.3, -0.25) is 73.3 Å². The fourth-order valence-corrected chi connectivity index (χ4v) is 11.8. The molecule has 1 aliphatic heterocycles. The third-order valence-corrected chi connectivity index (χ3v) is 17.4. The van der Waals surface area contributed by atoms with Gasteiger partial charge in [-0.25, -0.2) is 0 Å². The molecule has 0 spiro atoms. The van der Waals surface area contributed by atoms with Crippen LogP contribution in [0.3, 0.4) is 0 Å². The summed E-state index contributed by atoms with van der Waals surface area (Å²) in [5.41, 5.74) is 18.2. The number of carbonyl (C=O) groups is 12. The maximum atomic E-state index is 14.9. The van der Waals surface area contributed by atoms with E-state index in [1.807, 2.05) is 42.5 Å². The molecule has 0 radical (unpaired) electrons. The van der Waals surface area contributed by atoms with Crippen molar-refractivity contribution in [2.45, 2.75) is 159 Å². The van der Waals surface area contributed by atoms with Crippen molar-refractivity contribution >= 4 is 105 Å². The van der Waals surface area contributed by atoms with Gasteiger partial charge in [0.05, 0.1) is 13.7 Å². The number of guanidine groups is 2. The number of pyridine rings is 1. The summed E-state index contributed by atoms with van der Waals surface area (Å²) in [6, 6.07) is 14.1. The smallest absolute Gasteiger partial charge is 0.245 e. The average molecular weight is 1470 g/mol. The fourth-order valence-electron chi connectivity index (χ4n) is 11.6. The summed E-state index contributed by atoms with van der Waals surface area (Å²) in [6.45, 7) is 5.17. The molecule has 1 fully saturated rings. The van der Waals surface area contributed by atoms with E-state index >= 15 is 0 Å². The van der Waals surface area contributed by atoms with Crippen LogP contribution in [-0.4, -0.2) is 191 Å². The molecule has 1 unspecified atom stereocenters. The topological polar surface area (TPSA) is 509 Å². The van der Waals surface area contributed by atoms with E-state index in [4.69, 9.17) is 44.4 Å². The summed E-state index contributed by atoms with van der Waals surface area (Å²) in [7, 11) is 1.41. The molecule has 4 aromatic carbocycles. The molecule has 11 amide bonds. The summed E-state index contributed by atoms with van der Waals surface area (Å²) in [5.74, 6) is -11.0. The van der Waals surface area contributed by atoms with E-state index in [1.165, 1.54) is 62.5 Å². The first kappa shape index (κ1) is 82.7. The van der Waals surface area contributed by atoms with E-state index in [1.54, 1.807) is 50.2 Å². The SMILES string of the molecule is COc1ccc(C(=O)CC(NC(=O)[C@H](CCCNC(=N)N)NC(=O)[C@H](CO)NC(=O)[C@H](Cc2cccnc2)NC(=O)[C@H](Cc2ccc(Cl)cc2)NC(=O)[C@H](Cc2ccc3ccccc3c2)NC(C)=O)C(=O)N[C@@H](CC(C)C)C(=O)N[C@@H](CCCNC(=N)N)C(=O)N2CCC[C@H]2C(=O)N[C@@H](C)C(N)=O)cc1. The highest BCUT2D eigenvalue weighted by Crippen LogP contribution is 2.23. The van der Waals surface area contributed by atoms with Gasteiger partial charge in [0.2, 0.25) is 65.0 Å². The number of carbonyl (C=O) groups excluding carboxylic acids is 12. The number of fused-ring (bicyclic) bond motifs is 1. The highest BCUT2D eigenvalue weighted by molar-refractivity contribution is 6.30. The van der Waals surface area contributed by atoms with Crippen LogP contribution in [0.5, 0.6) is 5.75 Å². The Bertz CT molecular complexity index is 3890. The second-order valence-electron chi connectivity index (χ2n) is 25.9. The fraction of sp³-hybridized carbons (Fsp3) is 0.431. The lowest BCUT2D eigenvalue weighted by Gasteiger charge is -2.31. The number of methoxy groups -OCH3 is 1. The number of primary amides is 1. The van der Waals surface area contributed by atoms with E-state index in [2.05, 4.69) is 63.5 Å². The number of hydrogen-bond acceptors (Lipinski definition) is 17. The lowest BCUT2D eigenvalue weighted by atomic mass is 9.99. The van der Waals surface area contributed by atoms with E-state index < -0.39 is 150 Å². The lowest BCUT2D eigenvalue weighted by Crippen LogP contribution is -2.61. The second-order valence-corrected chi connectivity index (χ2v) is 26.4. The number of aliphatic hydroxyl groups is 1. The molecule has 564 valence electrons. The minimum atomic E-state index is -1.87. The van der Waals surface area contributed by atoms with Crippen molar-refractivity contribution in [3.8, 4) is 5.75 Å². The van der Waals surface area contributed by atoms with Crippen LogP contribution in [0.2, 0.25) is 5.02 Å². The van der Waals surface area contributed by atoms with Crippen LogP contribution in [0, 0.1) is 16.7 Å². The minimum absolute atomic E-state index is 0.00559. The van der Waals surface area contributed by atoms with Crippen LogP contribution in [0.15, 0.2) is 116 Å². The zero-order chi connectivity index (χ0) is 76.9. The normalized spacial score (nSPS) is 15.0. The van der Waals surface area contributed by atoms with Gasteiger partial charge >= 0.3 is 0 Å². The van der Waals surface area contributed by atoms with Gasteiger partial charge < -0.3 is 90.4 Å². The summed E-state index contributed by atoms with van der Waals surface area (Å²) >= 11 is 6.23. The summed E-state index contributed by atoms with van der Waals surface area (Å²) in [5, 5.41) is 57.3. The number of rotatable bonds is 40. The molecule has 20 N–H and O–H groups in total. The van der Waals surface area contributed by atoms with E-state index in [-0.39, 0.29) is 94.9 Å². The third-order valence-electron chi connectivity index (χ3n) is 17.2. The monoisotopic (exact) mass is 1470 g/mol. The number of ether oxygens (including phenoxy) is 1. The van der Waals surface area contributed by atoms with Crippen molar-refractivity contribution in [3.63, 3.8) is 0 Å². The molecule has 5 aromatic rings. The van der Waals surface area contributed by atoms with Gasteiger partial charge in [-0.15, -0.1) is 0 Å². The Morgan fingerprint density at radius 1 is 0.581 bits per heavy atom. The number of nitrogens with two attached hydrogens (primary N) is 3. The van der Waals surface area contributed by atoms with Gasteiger partial charge in [0.1, 0.15) is 66.2 Å². The van der Waals surface area contributed by atoms with Gasteiger partial charge in [-0.2, -0.15) is 0 Å². The van der Waals surface area contributed by atoms with Crippen molar-refractivity contribution in [1.82, 2.24) is 68.4 Å². The molecule has 33 heteroatoms. The molecule has 6 rings (SSSR count). The molecule has 0 bridgehead atoms. The van der Waals surface area contributed by atoms with E-state index in [0.29, 0.717) is 33.9 Å². The Kier molecular flexibility index (Phi) is 32.4. The number of aliphatic hydroxyl groups excluding tert-OH is 1. The summed E-state index contributed by atoms with van der Waals surface area (Å²) in [6.07, 6.45) is 2.08. The predicted molar refractivity (Wildman–Crippen MR) is 390 cm³/mol. The quantitative estimate of drug-likeness (QED) is 0.0103. The second kappa shape index (κ2) is 41.1. The van der Waals surface area contributed by atoms with E-state index in [0.717, 1.165) is 10.8 Å². The van der Waals surface area contributed by atoms with Crippen molar-refractivity contribution in [2.24, 2.45) is 23.1 Å². The molecule has 1 aromatic heterocycles. The van der Waals surface area contributed by atoms with Gasteiger partial charge in [-0.05, 0) is 128 Å². The molecule has 105 heavy (non-hydrogen) atoms. The number of benzene rings is 4. The molecular weight excluding hydrogens is 1380 g/mol. The van der Waals surface area contributed by atoms with Crippen LogP contribution in [-0.2, 0) is 72.0 Å².